The fraction of sp³-hybridized carbons (Fsp3) is 0.263. The molecule has 0 bridgehead atoms. The van der Waals surface area contributed by atoms with Crippen molar-refractivity contribution in [1.82, 2.24) is 5.32 Å². The molecule has 0 aliphatic heterocycles. The quantitative estimate of drug-likeness (QED) is 0.691. The number of nitrogens with one attached hydrogen (secondary N) is 2. The topological polar surface area (TPSA) is 84.2 Å². The van der Waals surface area contributed by atoms with E-state index in [1.807, 2.05) is 0 Å². The second-order valence-corrected chi connectivity index (χ2v) is 5.77. The van der Waals surface area contributed by atoms with E-state index in [2.05, 4.69) is 10.6 Å². The molecule has 2 rings (SSSR count). The summed E-state index contributed by atoms with van der Waals surface area (Å²) >= 11 is 0. The van der Waals surface area contributed by atoms with Crippen LogP contribution in [-0.2, 0) is 4.79 Å². The second kappa shape index (κ2) is 10.5. The molecule has 2 aromatic rings. The standard InChI is InChI=1S/C19H22FN3O2.ClH/c1-13(14-6-2-4-8-16(14)20)12-18(24)23-17-9-5-3-7-15(17)19(25)22-11-10-21;/h2-9,13H,10-12,21H2,1H3,(H,22,25)(H,23,24);1H. The fourth-order valence-electron chi connectivity index (χ4n) is 2.54. The van der Waals surface area contributed by atoms with Crippen LogP contribution in [0.1, 0.15) is 35.2 Å². The van der Waals surface area contributed by atoms with Gasteiger partial charge in [-0.1, -0.05) is 37.3 Å². The van der Waals surface area contributed by atoms with E-state index in [1.54, 1.807) is 49.4 Å². The molecule has 0 aliphatic rings. The number of hydrogen-bond donors (Lipinski definition) is 3. The number of hydrogen-bond acceptors (Lipinski definition) is 3. The number of para-hydroxylation sites is 1. The Bertz CT molecular complexity index is 755. The lowest BCUT2D eigenvalue weighted by atomic mass is 9.97. The molecule has 2 aromatic carbocycles. The van der Waals surface area contributed by atoms with Crippen LogP contribution >= 0.6 is 12.4 Å². The minimum absolute atomic E-state index is 0. The van der Waals surface area contributed by atoms with Gasteiger partial charge in [0.2, 0.25) is 5.91 Å². The Kier molecular flexibility index (Phi) is 8.75. The Morgan fingerprint density at radius 1 is 1.12 bits per heavy atom. The number of amides is 2. The molecule has 0 saturated heterocycles. The Morgan fingerprint density at radius 3 is 2.46 bits per heavy atom. The van der Waals surface area contributed by atoms with Gasteiger partial charge in [-0.05, 0) is 29.7 Å². The van der Waals surface area contributed by atoms with E-state index in [-0.39, 0.29) is 42.4 Å². The molecule has 1 unspecified atom stereocenters. The van der Waals surface area contributed by atoms with E-state index in [9.17, 15) is 14.0 Å². The third-order valence-corrected chi connectivity index (χ3v) is 3.80. The maximum atomic E-state index is 13.8. The van der Waals surface area contributed by atoms with E-state index >= 15 is 0 Å². The lowest BCUT2D eigenvalue weighted by molar-refractivity contribution is -0.116. The van der Waals surface area contributed by atoms with Gasteiger partial charge >= 0.3 is 0 Å². The van der Waals surface area contributed by atoms with Crippen molar-refractivity contribution in [3.05, 3.63) is 65.5 Å². The minimum Gasteiger partial charge on any atom is -0.351 e. The van der Waals surface area contributed by atoms with Crippen LogP contribution in [0, 0.1) is 5.82 Å². The Labute approximate surface area is 158 Å². The van der Waals surface area contributed by atoms with Gasteiger partial charge in [-0.2, -0.15) is 0 Å². The summed E-state index contributed by atoms with van der Waals surface area (Å²) in [6.07, 6.45) is 0.111. The largest absolute Gasteiger partial charge is 0.351 e. The molecule has 7 heteroatoms. The number of benzene rings is 2. The fourth-order valence-corrected chi connectivity index (χ4v) is 2.54. The molecule has 2 amide bonds. The van der Waals surface area contributed by atoms with Crippen LogP contribution < -0.4 is 16.4 Å². The third kappa shape index (κ3) is 5.82. The van der Waals surface area contributed by atoms with Crippen molar-refractivity contribution in [1.29, 1.82) is 0 Å². The summed E-state index contributed by atoms with van der Waals surface area (Å²) in [5.74, 6) is -1.19. The lowest BCUT2D eigenvalue weighted by Gasteiger charge is -2.14. The van der Waals surface area contributed by atoms with Gasteiger partial charge in [0.05, 0.1) is 11.3 Å². The summed E-state index contributed by atoms with van der Waals surface area (Å²) in [5.41, 5.74) is 6.66. The molecule has 4 N–H and O–H groups in total. The highest BCUT2D eigenvalue weighted by Gasteiger charge is 2.17. The number of anilines is 1. The van der Waals surface area contributed by atoms with Crippen LogP contribution in [0.3, 0.4) is 0 Å². The van der Waals surface area contributed by atoms with Crippen LogP contribution in [0.4, 0.5) is 10.1 Å². The average molecular weight is 380 g/mol. The molecular formula is C19H23ClFN3O2. The molecule has 0 saturated carbocycles. The van der Waals surface area contributed by atoms with Crippen molar-refractivity contribution >= 4 is 29.9 Å². The first-order valence-corrected chi connectivity index (χ1v) is 8.14. The highest BCUT2D eigenvalue weighted by atomic mass is 35.5. The van der Waals surface area contributed by atoms with E-state index in [0.29, 0.717) is 29.9 Å². The molecular weight excluding hydrogens is 357 g/mol. The van der Waals surface area contributed by atoms with Gasteiger partial charge in [-0.25, -0.2) is 4.39 Å². The van der Waals surface area contributed by atoms with Crippen LogP contribution in [0.5, 0.6) is 0 Å². The zero-order valence-corrected chi connectivity index (χ0v) is 15.3. The van der Waals surface area contributed by atoms with Crippen molar-refractivity contribution in [3.63, 3.8) is 0 Å². The van der Waals surface area contributed by atoms with E-state index in [4.69, 9.17) is 5.73 Å². The number of carbonyl (C=O) groups excluding carboxylic acids is 2. The van der Waals surface area contributed by atoms with Gasteiger partial charge in [-0.3, -0.25) is 9.59 Å². The van der Waals surface area contributed by atoms with Crippen LogP contribution in [-0.4, -0.2) is 24.9 Å². The number of carbonyl (C=O) groups is 2. The van der Waals surface area contributed by atoms with Crippen molar-refractivity contribution in [3.8, 4) is 0 Å². The Morgan fingerprint density at radius 2 is 1.77 bits per heavy atom. The van der Waals surface area contributed by atoms with E-state index in [0.717, 1.165) is 0 Å². The normalized spacial score (nSPS) is 11.2. The SMILES string of the molecule is CC(CC(=O)Nc1ccccc1C(=O)NCCN)c1ccccc1F.Cl. The molecule has 5 nitrogen and oxygen atoms in total. The summed E-state index contributed by atoms with van der Waals surface area (Å²) in [6, 6.07) is 13.1. The maximum Gasteiger partial charge on any atom is 0.253 e. The monoisotopic (exact) mass is 379 g/mol. The van der Waals surface area contributed by atoms with Crippen LogP contribution in [0.2, 0.25) is 0 Å². The molecule has 0 aliphatic carbocycles. The maximum absolute atomic E-state index is 13.8. The number of nitrogens with two attached hydrogens (primary N) is 1. The van der Waals surface area contributed by atoms with Crippen molar-refractivity contribution in [2.75, 3.05) is 18.4 Å². The second-order valence-electron chi connectivity index (χ2n) is 5.77. The van der Waals surface area contributed by atoms with Gasteiger partial charge in [-0.15, -0.1) is 12.4 Å². The molecule has 140 valence electrons. The third-order valence-electron chi connectivity index (χ3n) is 3.80. The number of halogens is 2. The Balaban J connectivity index is 0.00000338. The molecule has 1 atom stereocenters. The molecule has 0 spiro atoms. The highest BCUT2D eigenvalue weighted by Crippen LogP contribution is 2.23. The lowest BCUT2D eigenvalue weighted by Crippen LogP contribution is -2.30. The Hall–Kier alpha value is -2.44. The first kappa shape index (κ1) is 21.6. The molecule has 0 heterocycles. The van der Waals surface area contributed by atoms with Gasteiger partial charge in [0, 0.05) is 19.5 Å². The van der Waals surface area contributed by atoms with Gasteiger partial charge in [0.15, 0.2) is 0 Å². The highest BCUT2D eigenvalue weighted by molar-refractivity contribution is 6.03. The van der Waals surface area contributed by atoms with Crippen molar-refractivity contribution < 1.29 is 14.0 Å². The van der Waals surface area contributed by atoms with Crippen molar-refractivity contribution in [2.45, 2.75) is 19.3 Å². The molecule has 26 heavy (non-hydrogen) atoms. The summed E-state index contributed by atoms with van der Waals surface area (Å²) < 4.78 is 13.8. The zero-order chi connectivity index (χ0) is 18.2. The molecule has 0 fully saturated rings. The first-order valence-electron chi connectivity index (χ1n) is 8.14. The van der Waals surface area contributed by atoms with Gasteiger partial charge in [0.25, 0.3) is 5.91 Å². The minimum atomic E-state index is -0.329. The smallest absolute Gasteiger partial charge is 0.253 e. The van der Waals surface area contributed by atoms with E-state index in [1.165, 1.54) is 6.07 Å². The summed E-state index contributed by atoms with van der Waals surface area (Å²) in [4.78, 5) is 24.4. The summed E-state index contributed by atoms with van der Waals surface area (Å²) in [5, 5.41) is 5.41. The van der Waals surface area contributed by atoms with Gasteiger partial charge in [0.1, 0.15) is 5.82 Å². The number of rotatable bonds is 7. The van der Waals surface area contributed by atoms with E-state index < -0.39 is 0 Å². The summed E-state index contributed by atoms with van der Waals surface area (Å²) in [6.45, 7) is 2.48. The molecule has 0 aromatic heterocycles. The van der Waals surface area contributed by atoms with Crippen LogP contribution in [0.25, 0.3) is 0 Å². The van der Waals surface area contributed by atoms with Crippen molar-refractivity contribution in [2.24, 2.45) is 5.73 Å². The summed E-state index contributed by atoms with van der Waals surface area (Å²) in [7, 11) is 0. The predicted molar refractivity (Wildman–Crippen MR) is 103 cm³/mol. The predicted octanol–water partition coefficient (Wildman–Crippen LogP) is 3.07. The molecule has 0 radical (unpaired) electrons. The average Bonchev–Trinajstić information content (AvgIpc) is 2.60. The van der Waals surface area contributed by atoms with Gasteiger partial charge < -0.3 is 16.4 Å². The van der Waals surface area contributed by atoms with Crippen LogP contribution in [0.15, 0.2) is 48.5 Å². The first-order chi connectivity index (χ1) is 12.0. The zero-order valence-electron chi connectivity index (χ0n) is 14.5.